The van der Waals surface area contributed by atoms with Crippen molar-refractivity contribution in [3.63, 3.8) is 0 Å². The Morgan fingerprint density at radius 3 is 2.46 bits per heavy atom. The van der Waals surface area contributed by atoms with E-state index in [0.29, 0.717) is 17.2 Å². The molecule has 1 N–H and O–H groups in total. The van der Waals surface area contributed by atoms with Crippen molar-refractivity contribution in [3.8, 4) is 17.2 Å². The van der Waals surface area contributed by atoms with Crippen LogP contribution in [0.2, 0.25) is 0 Å². The van der Waals surface area contributed by atoms with E-state index >= 15 is 0 Å². The molecule has 0 bridgehead atoms. The van der Waals surface area contributed by atoms with E-state index in [2.05, 4.69) is 10.3 Å². The molecule has 0 aliphatic rings. The molecular formula is C18H24N2O5S. The molecule has 1 aromatic carbocycles. The van der Waals surface area contributed by atoms with E-state index < -0.39 is 21.5 Å². The zero-order valence-corrected chi connectivity index (χ0v) is 16.2. The van der Waals surface area contributed by atoms with Crippen LogP contribution in [0, 0.1) is 5.92 Å². The number of nitrogens with zero attached hydrogens (tertiary/aromatic N) is 1. The second-order valence-electron chi connectivity index (χ2n) is 6.50. The van der Waals surface area contributed by atoms with Gasteiger partial charge in [-0.05, 0) is 37.1 Å². The number of methoxy groups -OCH3 is 1. The maximum Gasteiger partial charge on any atom is 0.235 e. The molecule has 2 rings (SSSR count). The van der Waals surface area contributed by atoms with E-state index in [-0.39, 0.29) is 23.4 Å². The number of benzene rings is 1. The standard InChI is InChI=1S/C18H24N2O5S/c1-12(2)13(3)19-17(21)11-26(22,23)10-15-9-25-18(20-15)14-5-7-16(24-4)8-6-14/h5-9,12-13H,10-11H2,1-4H3,(H,19,21). The molecule has 0 spiro atoms. The van der Waals surface area contributed by atoms with Gasteiger partial charge in [0, 0.05) is 11.6 Å². The molecule has 0 radical (unpaired) electrons. The highest BCUT2D eigenvalue weighted by Crippen LogP contribution is 2.22. The highest BCUT2D eigenvalue weighted by molar-refractivity contribution is 7.91. The van der Waals surface area contributed by atoms with Crippen LogP contribution in [0.3, 0.4) is 0 Å². The second kappa shape index (κ2) is 8.35. The molecule has 0 aliphatic carbocycles. The number of carbonyl (C=O) groups is 1. The third-order valence-corrected chi connectivity index (χ3v) is 5.43. The molecule has 142 valence electrons. The molecule has 0 aliphatic heterocycles. The van der Waals surface area contributed by atoms with Gasteiger partial charge in [-0.15, -0.1) is 0 Å². The highest BCUT2D eigenvalue weighted by Gasteiger charge is 2.21. The lowest BCUT2D eigenvalue weighted by Crippen LogP contribution is -2.39. The Morgan fingerprint density at radius 2 is 1.88 bits per heavy atom. The van der Waals surface area contributed by atoms with Gasteiger partial charge in [-0.25, -0.2) is 13.4 Å². The van der Waals surface area contributed by atoms with Crippen LogP contribution in [0.15, 0.2) is 34.9 Å². The first-order chi connectivity index (χ1) is 12.2. The summed E-state index contributed by atoms with van der Waals surface area (Å²) in [5, 5.41) is 2.69. The number of ether oxygens (including phenoxy) is 1. The fourth-order valence-electron chi connectivity index (χ4n) is 2.18. The molecule has 1 amide bonds. The van der Waals surface area contributed by atoms with Gasteiger partial charge in [0.2, 0.25) is 11.8 Å². The zero-order chi connectivity index (χ0) is 19.3. The van der Waals surface area contributed by atoms with E-state index in [4.69, 9.17) is 9.15 Å². The van der Waals surface area contributed by atoms with Gasteiger partial charge in [-0.3, -0.25) is 4.79 Å². The Bertz CT molecular complexity index is 841. The summed E-state index contributed by atoms with van der Waals surface area (Å²) >= 11 is 0. The third kappa shape index (κ3) is 5.59. The van der Waals surface area contributed by atoms with E-state index in [1.165, 1.54) is 6.26 Å². The fraction of sp³-hybridized carbons (Fsp3) is 0.444. The van der Waals surface area contributed by atoms with Gasteiger partial charge in [-0.1, -0.05) is 13.8 Å². The van der Waals surface area contributed by atoms with Gasteiger partial charge in [0.1, 0.15) is 17.8 Å². The Morgan fingerprint density at radius 1 is 1.23 bits per heavy atom. The number of hydrogen-bond donors (Lipinski definition) is 1. The van der Waals surface area contributed by atoms with Crippen molar-refractivity contribution in [2.45, 2.75) is 32.6 Å². The van der Waals surface area contributed by atoms with Crippen LogP contribution in [0.1, 0.15) is 26.5 Å². The molecule has 0 saturated carbocycles. The molecule has 1 atom stereocenters. The smallest absolute Gasteiger partial charge is 0.235 e. The molecule has 1 unspecified atom stereocenters. The molecule has 26 heavy (non-hydrogen) atoms. The van der Waals surface area contributed by atoms with Gasteiger partial charge >= 0.3 is 0 Å². The number of rotatable bonds is 8. The van der Waals surface area contributed by atoms with Crippen LogP contribution >= 0.6 is 0 Å². The first-order valence-corrected chi connectivity index (χ1v) is 10.1. The molecular weight excluding hydrogens is 356 g/mol. The van der Waals surface area contributed by atoms with Crippen LogP contribution in [0.5, 0.6) is 5.75 Å². The summed E-state index contributed by atoms with van der Waals surface area (Å²) in [5.41, 5.74) is 0.971. The average molecular weight is 380 g/mol. The van der Waals surface area contributed by atoms with Crippen molar-refractivity contribution in [1.29, 1.82) is 0 Å². The van der Waals surface area contributed by atoms with Crippen molar-refractivity contribution >= 4 is 15.7 Å². The van der Waals surface area contributed by atoms with Crippen LogP contribution in [-0.2, 0) is 20.4 Å². The Kier molecular flexibility index (Phi) is 6.42. The molecule has 0 saturated heterocycles. The summed E-state index contributed by atoms with van der Waals surface area (Å²) in [6.45, 7) is 5.75. The third-order valence-electron chi connectivity index (χ3n) is 4.00. The lowest BCUT2D eigenvalue weighted by Gasteiger charge is -2.17. The molecule has 0 fully saturated rings. The van der Waals surface area contributed by atoms with Crippen molar-refractivity contribution < 1.29 is 22.4 Å². The maximum atomic E-state index is 12.2. The van der Waals surface area contributed by atoms with Gasteiger partial charge in [0.15, 0.2) is 9.84 Å². The Hall–Kier alpha value is -2.35. The minimum Gasteiger partial charge on any atom is -0.497 e. The Labute approximate surface area is 153 Å². The van der Waals surface area contributed by atoms with Gasteiger partial charge in [-0.2, -0.15) is 0 Å². The van der Waals surface area contributed by atoms with E-state index in [9.17, 15) is 13.2 Å². The number of hydrogen-bond acceptors (Lipinski definition) is 6. The van der Waals surface area contributed by atoms with Gasteiger partial charge < -0.3 is 14.5 Å². The van der Waals surface area contributed by atoms with Crippen molar-refractivity contribution in [1.82, 2.24) is 10.3 Å². The number of aromatic nitrogens is 1. The lowest BCUT2D eigenvalue weighted by molar-refractivity contribution is -0.119. The van der Waals surface area contributed by atoms with Crippen molar-refractivity contribution in [3.05, 3.63) is 36.2 Å². The number of nitrogens with one attached hydrogen (secondary N) is 1. The normalized spacial score (nSPS) is 12.8. The summed E-state index contributed by atoms with van der Waals surface area (Å²) in [7, 11) is -2.07. The lowest BCUT2D eigenvalue weighted by atomic mass is 10.1. The molecule has 1 aromatic heterocycles. The summed E-state index contributed by atoms with van der Waals surface area (Å²) < 4.78 is 34.9. The largest absolute Gasteiger partial charge is 0.497 e. The summed E-state index contributed by atoms with van der Waals surface area (Å²) in [6.07, 6.45) is 1.30. The average Bonchev–Trinajstić information content (AvgIpc) is 3.01. The van der Waals surface area contributed by atoms with Gasteiger partial charge in [0.05, 0.1) is 18.6 Å². The first-order valence-electron chi connectivity index (χ1n) is 8.29. The molecule has 1 heterocycles. The first kappa shape index (κ1) is 20.0. The SMILES string of the molecule is COc1ccc(-c2nc(CS(=O)(=O)CC(=O)NC(C)C(C)C)co2)cc1. The van der Waals surface area contributed by atoms with Crippen LogP contribution in [-0.4, -0.2) is 38.2 Å². The minimum absolute atomic E-state index is 0.0913. The predicted molar refractivity (Wildman–Crippen MR) is 98.4 cm³/mol. The number of sulfone groups is 1. The van der Waals surface area contributed by atoms with Crippen LogP contribution in [0.4, 0.5) is 0 Å². The zero-order valence-electron chi connectivity index (χ0n) is 15.4. The van der Waals surface area contributed by atoms with E-state index in [1.807, 2.05) is 20.8 Å². The maximum absolute atomic E-state index is 12.2. The van der Waals surface area contributed by atoms with Gasteiger partial charge in [0.25, 0.3) is 0 Å². The molecule has 8 heteroatoms. The Balaban J connectivity index is 2.01. The van der Waals surface area contributed by atoms with Crippen LogP contribution in [0.25, 0.3) is 11.5 Å². The summed E-state index contributed by atoms with van der Waals surface area (Å²) in [6, 6.07) is 6.96. The number of amides is 1. The summed E-state index contributed by atoms with van der Waals surface area (Å²) in [4.78, 5) is 16.1. The van der Waals surface area contributed by atoms with Crippen LogP contribution < -0.4 is 10.1 Å². The molecule has 2 aromatic rings. The van der Waals surface area contributed by atoms with Crippen molar-refractivity contribution in [2.24, 2.45) is 5.92 Å². The summed E-state index contributed by atoms with van der Waals surface area (Å²) in [5.74, 6) is -0.194. The second-order valence-corrected chi connectivity index (χ2v) is 8.57. The monoisotopic (exact) mass is 380 g/mol. The van der Waals surface area contributed by atoms with E-state index in [1.54, 1.807) is 31.4 Å². The van der Waals surface area contributed by atoms with E-state index in [0.717, 1.165) is 0 Å². The molecule has 7 nitrogen and oxygen atoms in total. The number of carbonyl (C=O) groups excluding carboxylic acids is 1. The topological polar surface area (TPSA) is 98.5 Å². The van der Waals surface area contributed by atoms with Crippen molar-refractivity contribution in [2.75, 3.05) is 12.9 Å². The number of oxazole rings is 1. The quantitative estimate of drug-likeness (QED) is 0.755. The minimum atomic E-state index is -3.64. The fourth-order valence-corrected chi connectivity index (χ4v) is 3.35. The predicted octanol–water partition coefficient (Wildman–Crippen LogP) is 2.43. The highest BCUT2D eigenvalue weighted by atomic mass is 32.2.